The van der Waals surface area contributed by atoms with Gasteiger partial charge in [-0.15, -0.1) is 0 Å². The van der Waals surface area contributed by atoms with Crippen LogP contribution in [0.25, 0.3) is 0 Å². The summed E-state index contributed by atoms with van der Waals surface area (Å²) < 4.78 is 12.5. The van der Waals surface area contributed by atoms with Gasteiger partial charge in [-0.3, -0.25) is 0 Å². The minimum atomic E-state index is -0.693. The minimum absolute atomic E-state index is 0.0672. The van der Waals surface area contributed by atoms with E-state index in [2.05, 4.69) is 72.8 Å². The summed E-state index contributed by atoms with van der Waals surface area (Å²) in [7, 11) is 0. The molecule has 1 saturated heterocycles. The first-order chi connectivity index (χ1) is 13.8. The maximum atomic E-state index is 9.38. The van der Waals surface area contributed by atoms with Crippen LogP contribution in [0, 0.1) is 5.92 Å². The molecule has 28 heavy (non-hydrogen) atoms. The zero-order valence-electron chi connectivity index (χ0n) is 15.9. The van der Waals surface area contributed by atoms with Gasteiger partial charge in [0.1, 0.15) is 5.60 Å². The average Bonchev–Trinajstić information content (AvgIpc) is 3.25. The van der Waals surface area contributed by atoms with E-state index < -0.39 is 5.60 Å². The molecule has 0 spiro atoms. The fraction of sp³-hybridized carbons (Fsp3) is 0.280. The molecule has 2 atom stereocenters. The highest BCUT2D eigenvalue weighted by molar-refractivity contribution is 5.47. The van der Waals surface area contributed by atoms with E-state index in [1.807, 2.05) is 18.2 Å². The lowest BCUT2D eigenvalue weighted by molar-refractivity contribution is -0.0106. The van der Waals surface area contributed by atoms with E-state index in [4.69, 9.17) is 9.47 Å². The first-order valence-electron chi connectivity index (χ1n) is 9.86. The highest BCUT2D eigenvalue weighted by Crippen LogP contribution is 2.41. The Morgan fingerprint density at radius 2 is 1.25 bits per heavy atom. The number of hydrogen-bond acceptors (Lipinski definition) is 3. The van der Waals surface area contributed by atoms with Crippen molar-refractivity contribution >= 4 is 0 Å². The van der Waals surface area contributed by atoms with Crippen LogP contribution in [0.15, 0.2) is 91.0 Å². The lowest BCUT2D eigenvalue weighted by atomic mass is 9.80. The molecule has 1 N–H and O–H groups in total. The molecule has 3 nitrogen and oxygen atoms in total. The number of rotatable bonds is 7. The van der Waals surface area contributed by atoms with Crippen LogP contribution in [0.2, 0.25) is 0 Å². The van der Waals surface area contributed by atoms with Crippen molar-refractivity contribution < 1.29 is 14.6 Å². The van der Waals surface area contributed by atoms with Gasteiger partial charge in [0, 0.05) is 5.92 Å². The van der Waals surface area contributed by atoms with Gasteiger partial charge in [0.05, 0.1) is 25.9 Å². The second kappa shape index (κ2) is 8.70. The largest absolute Gasteiger partial charge is 0.394 e. The standard InChI is InChI=1S/C25H26O3/c26-17-24-16-20(18-27-24)19-28-25(21-10-4-1-5-11-21,22-12-6-2-7-13-22)23-14-8-3-9-15-23/h1-15,20,24,26H,16-19H2/t20-,24+/m1/s1. The summed E-state index contributed by atoms with van der Waals surface area (Å²) in [5.41, 5.74) is 2.61. The molecule has 144 valence electrons. The lowest BCUT2D eigenvalue weighted by Gasteiger charge is -2.36. The number of benzene rings is 3. The van der Waals surface area contributed by atoms with Crippen molar-refractivity contribution in [2.75, 3.05) is 19.8 Å². The van der Waals surface area contributed by atoms with E-state index in [9.17, 15) is 5.11 Å². The predicted molar refractivity (Wildman–Crippen MR) is 110 cm³/mol. The fourth-order valence-electron chi connectivity index (χ4n) is 4.03. The van der Waals surface area contributed by atoms with Crippen molar-refractivity contribution in [3.05, 3.63) is 108 Å². The smallest absolute Gasteiger partial charge is 0.143 e. The van der Waals surface area contributed by atoms with E-state index in [-0.39, 0.29) is 18.6 Å². The summed E-state index contributed by atoms with van der Waals surface area (Å²) in [6.45, 7) is 1.26. The molecule has 0 saturated carbocycles. The Morgan fingerprint density at radius 1 is 0.786 bits per heavy atom. The Labute approximate surface area is 166 Å². The van der Waals surface area contributed by atoms with Crippen LogP contribution in [0.3, 0.4) is 0 Å². The zero-order valence-corrected chi connectivity index (χ0v) is 15.9. The fourth-order valence-corrected chi connectivity index (χ4v) is 4.03. The Bertz CT molecular complexity index is 752. The second-order valence-corrected chi connectivity index (χ2v) is 7.33. The van der Waals surface area contributed by atoms with E-state index in [1.54, 1.807) is 0 Å². The number of ether oxygens (including phenoxy) is 2. The SMILES string of the molecule is OC[C@@H]1C[C@@H](COC(c2ccccc2)(c2ccccc2)c2ccccc2)CO1. The van der Waals surface area contributed by atoms with Crippen LogP contribution >= 0.6 is 0 Å². The van der Waals surface area contributed by atoms with Crippen molar-refractivity contribution in [1.82, 2.24) is 0 Å². The summed E-state index contributed by atoms with van der Waals surface area (Å²) >= 11 is 0. The molecular weight excluding hydrogens is 348 g/mol. The summed E-state index contributed by atoms with van der Waals surface area (Å²) in [5, 5.41) is 9.38. The summed E-state index contributed by atoms with van der Waals surface area (Å²) in [6.07, 6.45) is 0.749. The minimum Gasteiger partial charge on any atom is -0.394 e. The van der Waals surface area contributed by atoms with Gasteiger partial charge in [-0.1, -0.05) is 91.0 Å². The molecule has 0 unspecified atom stereocenters. The first kappa shape index (κ1) is 18.9. The topological polar surface area (TPSA) is 38.7 Å². The molecule has 3 aromatic carbocycles. The summed E-state index contributed by atoms with van der Waals surface area (Å²) in [4.78, 5) is 0. The van der Waals surface area contributed by atoms with Gasteiger partial charge in [0.15, 0.2) is 0 Å². The monoisotopic (exact) mass is 374 g/mol. The van der Waals surface area contributed by atoms with Crippen molar-refractivity contribution in [1.29, 1.82) is 0 Å². The normalized spacial score (nSPS) is 19.6. The second-order valence-electron chi connectivity index (χ2n) is 7.33. The van der Waals surface area contributed by atoms with Crippen molar-refractivity contribution in [2.24, 2.45) is 5.92 Å². The average molecular weight is 374 g/mol. The van der Waals surface area contributed by atoms with Crippen molar-refractivity contribution in [3.63, 3.8) is 0 Å². The number of aliphatic hydroxyl groups excluding tert-OH is 1. The predicted octanol–water partition coefficient (Wildman–Crippen LogP) is 4.39. The highest BCUT2D eigenvalue weighted by atomic mass is 16.5. The molecule has 1 aliphatic rings. The van der Waals surface area contributed by atoms with Crippen LogP contribution in [0.5, 0.6) is 0 Å². The molecule has 3 heteroatoms. The molecule has 0 amide bonds. The van der Waals surface area contributed by atoms with E-state index in [0.717, 1.165) is 23.1 Å². The third-order valence-corrected chi connectivity index (χ3v) is 5.44. The van der Waals surface area contributed by atoms with Gasteiger partial charge in [-0.25, -0.2) is 0 Å². The molecule has 3 aromatic rings. The molecule has 4 rings (SSSR count). The Balaban J connectivity index is 1.77. The van der Waals surface area contributed by atoms with E-state index in [1.165, 1.54) is 0 Å². The first-order valence-corrected chi connectivity index (χ1v) is 9.86. The Morgan fingerprint density at radius 3 is 1.64 bits per heavy atom. The summed E-state index contributed by atoms with van der Waals surface area (Å²) in [6, 6.07) is 31.2. The zero-order chi connectivity index (χ0) is 19.2. The van der Waals surface area contributed by atoms with E-state index >= 15 is 0 Å². The molecule has 0 radical (unpaired) electrons. The third-order valence-electron chi connectivity index (χ3n) is 5.44. The van der Waals surface area contributed by atoms with Gasteiger partial charge < -0.3 is 14.6 Å². The highest BCUT2D eigenvalue weighted by Gasteiger charge is 2.39. The third kappa shape index (κ3) is 3.74. The number of hydrogen-bond donors (Lipinski definition) is 1. The Hall–Kier alpha value is -2.46. The van der Waals surface area contributed by atoms with Gasteiger partial charge in [-0.2, -0.15) is 0 Å². The lowest BCUT2D eigenvalue weighted by Crippen LogP contribution is -2.34. The van der Waals surface area contributed by atoms with Crippen LogP contribution in [-0.2, 0) is 15.1 Å². The van der Waals surface area contributed by atoms with Crippen LogP contribution in [0.4, 0.5) is 0 Å². The maximum Gasteiger partial charge on any atom is 0.143 e. The Kier molecular flexibility index (Phi) is 5.87. The molecule has 1 fully saturated rings. The van der Waals surface area contributed by atoms with Crippen LogP contribution in [0.1, 0.15) is 23.1 Å². The van der Waals surface area contributed by atoms with E-state index in [0.29, 0.717) is 13.2 Å². The summed E-state index contributed by atoms with van der Waals surface area (Å²) in [5.74, 6) is 0.271. The van der Waals surface area contributed by atoms with Gasteiger partial charge in [0.25, 0.3) is 0 Å². The van der Waals surface area contributed by atoms with Crippen LogP contribution in [-0.4, -0.2) is 31.0 Å². The van der Waals surface area contributed by atoms with Crippen molar-refractivity contribution in [2.45, 2.75) is 18.1 Å². The maximum absolute atomic E-state index is 9.38. The quantitative estimate of drug-likeness (QED) is 0.623. The molecule has 1 aliphatic heterocycles. The molecule has 0 aliphatic carbocycles. The van der Waals surface area contributed by atoms with Gasteiger partial charge in [-0.05, 0) is 23.1 Å². The van der Waals surface area contributed by atoms with Gasteiger partial charge >= 0.3 is 0 Å². The molecule has 0 bridgehead atoms. The molecular formula is C25H26O3. The molecule has 0 aromatic heterocycles. The van der Waals surface area contributed by atoms with Gasteiger partial charge in [0.2, 0.25) is 0 Å². The molecule has 1 heterocycles. The van der Waals surface area contributed by atoms with Crippen molar-refractivity contribution in [3.8, 4) is 0 Å². The van der Waals surface area contributed by atoms with Crippen LogP contribution < -0.4 is 0 Å². The number of aliphatic hydroxyl groups is 1.